The fourth-order valence-electron chi connectivity index (χ4n) is 2.91. The molecule has 2 unspecified atom stereocenters. The molecule has 0 aromatic rings. The number of nitrogens with two attached hydrogens (primary N) is 1. The lowest BCUT2D eigenvalue weighted by Crippen LogP contribution is -2.64. The number of hydrogen-bond donors (Lipinski definition) is 1. The van der Waals surface area contributed by atoms with Crippen LogP contribution in [0.4, 0.5) is 0 Å². The largest absolute Gasteiger partial charge is 0.383 e. The van der Waals surface area contributed by atoms with Crippen molar-refractivity contribution in [3.05, 3.63) is 0 Å². The van der Waals surface area contributed by atoms with Crippen LogP contribution in [0.5, 0.6) is 0 Å². The van der Waals surface area contributed by atoms with E-state index in [2.05, 4.69) is 30.6 Å². The van der Waals surface area contributed by atoms with Crippen LogP contribution in [-0.4, -0.2) is 67.8 Å². The first-order chi connectivity index (χ1) is 8.13. The second kappa shape index (κ2) is 6.69. The number of rotatable bonds is 6. The smallest absolute Gasteiger partial charge is 0.0658 e. The molecule has 0 bridgehead atoms. The van der Waals surface area contributed by atoms with Crippen molar-refractivity contribution in [1.29, 1.82) is 0 Å². The van der Waals surface area contributed by atoms with Crippen LogP contribution in [0.1, 0.15) is 27.2 Å². The van der Waals surface area contributed by atoms with E-state index in [1.165, 1.54) is 0 Å². The van der Waals surface area contributed by atoms with Crippen LogP contribution >= 0.6 is 0 Å². The average molecular weight is 243 g/mol. The molecule has 1 heterocycles. The second-order valence-electron chi connectivity index (χ2n) is 5.14. The van der Waals surface area contributed by atoms with Crippen molar-refractivity contribution in [1.82, 2.24) is 9.80 Å². The van der Waals surface area contributed by atoms with Gasteiger partial charge in [-0.05, 0) is 19.9 Å². The number of likely N-dealkylation sites (N-methyl/N-ethyl adjacent to an activating group) is 1. The van der Waals surface area contributed by atoms with Gasteiger partial charge in [0.15, 0.2) is 0 Å². The Morgan fingerprint density at radius 2 is 2.06 bits per heavy atom. The molecule has 4 nitrogen and oxygen atoms in total. The lowest BCUT2D eigenvalue weighted by atomic mass is 9.93. The SMILES string of the molecule is CCN1CCN(C(CC)(CN)COC)CC1C. The molecule has 2 atom stereocenters. The predicted octanol–water partition coefficient (Wildman–Crippen LogP) is 0.766. The van der Waals surface area contributed by atoms with E-state index in [0.29, 0.717) is 12.6 Å². The van der Waals surface area contributed by atoms with Gasteiger partial charge in [-0.1, -0.05) is 13.8 Å². The van der Waals surface area contributed by atoms with Gasteiger partial charge < -0.3 is 10.5 Å². The van der Waals surface area contributed by atoms with Gasteiger partial charge in [0.2, 0.25) is 0 Å². The number of hydrogen-bond acceptors (Lipinski definition) is 4. The molecule has 17 heavy (non-hydrogen) atoms. The van der Waals surface area contributed by atoms with Crippen LogP contribution in [-0.2, 0) is 4.74 Å². The summed E-state index contributed by atoms with van der Waals surface area (Å²) >= 11 is 0. The summed E-state index contributed by atoms with van der Waals surface area (Å²) < 4.78 is 5.40. The highest BCUT2D eigenvalue weighted by molar-refractivity contribution is 4.94. The Morgan fingerprint density at radius 3 is 2.47 bits per heavy atom. The molecule has 1 aliphatic heterocycles. The van der Waals surface area contributed by atoms with Crippen molar-refractivity contribution >= 4 is 0 Å². The third kappa shape index (κ3) is 3.19. The lowest BCUT2D eigenvalue weighted by molar-refractivity contribution is -0.0314. The molecule has 0 spiro atoms. The first-order valence-corrected chi connectivity index (χ1v) is 6.81. The number of ether oxygens (including phenoxy) is 1. The summed E-state index contributed by atoms with van der Waals surface area (Å²) in [7, 11) is 1.77. The van der Waals surface area contributed by atoms with Crippen molar-refractivity contribution in [2.75, 3.05) is 46.4 Å². The van der Waals surface area contributed by atoms with Gasteiger partial charge >= 0.3 is 0 Å². The van der Waals surface area contributed by atoms with E-state index in [0.717, 1.165) is 39.2 Å². The van der Waals surface area contributed by atoms with Gasteiger partial charge in [-0.25, -0.2) is 0 Å². The Labute approximate surface area is 106 Å². The van der Waals surface area contributed by atoms with Gasteiger partial charge in [0, 0.05) is 39.3 Å². The molecule has 2 N–H and O–H groups in total. The number of piperazine rings is 1. The van der Waals surface area contributed by atoms with E-state index in [9.17, 15) is 0 Å². The third-order valence-electron chi connectivity index (χ3n) is 4.29. The fraction of sp³-hybridized carbons (Fsp3) is 1.00. The van der Waals surface area contributed by atoms with Gasteiger partial charge in [-0.3, -0.25) is 9.80 Å². The van der Waals surface area contributed by atoms with E-state index in [1.54, 1.807) is 7.11 Å². The molecule has 1 saturated heterocycles. The lowest BCUT2D eigenvalue weighted by Gasteiger charge is -2.49. The molecule has 0 aliphatic carbocycles. The zero-order valence-electron chi connectivity index (χ0n) is 11.9. The summed E-state index contributed by atoms with van der Waals surface area (Å²) in [6.45, 7) is 12.6. The van der Waals surface area contributed by atoms with E-state index in [4.69, 9.17) is 10.5 Å². The molecule has 4 heteroatoms. The molecule has 0 saturated carbocycles. The first kappa shape index (κ1) is 14.9. The van der Waals surface area contributed by atoms with E-state index < -0.39 is 0 Å². The molecule has 1 fully saturated rings. The maximum absolute atomic E-state index is 6.01. The Kier molecular flexibility index (Phi) is 5.86. The molecule has 1 rings (SSSR count). The van der Waals surface area contributed by atoms with Crippen LogP contribution in [0.3, 0.4) is 0 Å². The summed E-state index contributed by atoms with van der Waals surface area (Å²) in [5, 5.41) is 0. The van der Waals surface area contributed by atoms with Crippen molar-refractivity contribution in [3.8, 4) is 0 Å². The van der Waals surface area contributed by atoms with Crippen molar-refractivity contribution in [2.24, 2.45) is 5.73 Å². The molecular weight excluding hydrogens is 214 g/mol. The zero-order valence-corrected chi connectivity index (χ0v) is 11.9. The Bertz CT molecular complexity index is 219. The van der Waals surface area contributed by atoms with Gasteiger partial charge in [-0.15, -0.1) is 0 Å². The number of methoxy groups -OCH3 is 1. The van der Waals surface area contributed by atoms with Crippen LogP contribution in [0.25, 0.3) is 0 Å². The quantitative estimate of drug-likeness (QED) is 0.748. The highest BCUT2D eigenvalue weighted by atomic mass is 16.5. The molecule has 1 aliphatic rings. The van der Waals surface area contributed by atoms with E-state index in [-0.39, 0.29) is 5.54 Å². The molecule has 0 amide bonds. The molecule has 0 radical (unpaired) electrons. The van der Waals surface area contributed by atoms with Gasteiger partial charge in [-0.2, -0.15) is 0 Å². The van der Waals surface area contributed by atoms with E-state index >= 15 is 0 Å². The number of nitrogens with zero attached hydrogens (tertiary/aromatic N) is 2. The summed E-state index contributed by atoms with van der Waals surface area (Å²) in [4.78, 5) is 5.06. The minimum Gasteiger partial charge on any atom is -0.383 e. The van der Waals surface area contributed by atoms with Gasteiger partial charge in [0.25, 0.3) is 0 Å². The maximum Gasteiger partial charge on any atom is 0.0658 e. The maximum atomic E-state index is 6.01. The van der Waals surface area contributed by atoms with Crippen LogP contribution in [0.2, 0.25) is 0 Å². The van der Waals surface area contributed by atoms with Crippen LogP contribution in [0.15, 0.2) is 0 Å². The van der Waals surface area contributed by atoms with Crippen LogP contribution in [0, 0.1) is 0 Å². The monoisotopic (exact) mass is 243 g/mol. The standard InChI is InChI=1S/C13H29N3O/c1-5-13(10-14,11-17-4)16-8-7-15(6-2)12(3)9-16/h12H,5-11,14H2,1-4H3. The summed E-state index contributed by atoms with van der Waals surface area (Å²) in [5.74, 6) is 0. The Hall–Kier alpha value is -0.160. The summed E-state index contributed by atoms with van der Waals surface area (Å²) in [5.41, 5.74) is 6.04. The Morgan fingerprint density at radius 1 is 1.35 bits per heavy atom. The second-order valence-corrected chi connectivity index (χ2v) is 5.14. The Balaban J connectivity index is 2.70. The van der Waals surface area contributed by atoms with Crippen molar-refractivity contribution < 1.29 is 4.74 Å². The summed E-state index contributed by atoms with van der Waals surface area (Å²) in [6, 6.07) is 0.614. The minimum absolute atomic E-state index is 0.0306. The van der Waals surface area contributed by atoms with E-state index in [1.807, 2.05) is 0 Å². The third-order valence-corrected chi connectivity index (χ3v) is 4.29. The zero-order chi connectivity index (χ0) is 12.9. The van der Waals surface area contributed by atoms with Crippen LogP contribution < -0.4 is 5.73 Å². The topological polar surface area (TPSA) is 41.7 Å². The summed E-state index contributed by atoms with van der Waals surface area (Å²) in [6.07, 6.45) is 1.05. The molecule has 102 valence electrons. The predicted molar refractivity (Wildman–Crippen MR) is 72.2 cm³/mol. The minimum atomic E-state index is 0.0306. The van der Waals surface area contributed by atoms with Gasteiger partial charge in [0.05, 0.1) is 12.1 Å². The fourth-order valence-corrected chi connectivity index (χ4v) is 2.91. The first-order valence-electron chi connectivity index (χ1n) is 6.81. The highest BCUT2D eigenvalue weighted by Crippen LogP contribution is 2.23. The molecule has 0 aromatic carbocycles. The average Bonchev–Trinajstić information content (AvgIpc) is 2.36. The molecule has 0 aromatic heterocycles. The normalized spacial score (nSPS) is 27.0. The van der Waals surface area contributed by atoms with Crippen molar-refractivity contribution in [2.45, 2.75) is 38.8 Å². The van der Waals surface area contributed by atoms with Gasteiger partial charge in [0.1, 0.15) is 0 Å². The van der Waals surface area contributed by atoms with Crippen molar-refractivity contribution in [3.63, 3.8) is 0 Å². The molecular formula is C13H29N3O. The highest BCUT2D eigenvalue weighted by Gasteiger charge is 2.37.